The van der Waals surface area contributed by atoms with Crippen LogP contribution in [0.15, 0.2) is 110 Å². The molecule has 4 aliphatic heterocycles. The summed E-state index contributed by atoms with van der Waals surface area (Å²) in [6, 6.07) is 37.9. The Bertz CT molecular complexity index is 2710. The second-order valence-electron chi connectivity index (χ2n) is 33.1. The SMILES string of the molecule is C=CC1CCC(c2ccc(CCC3CCC(CCC)CO3)cc2)CC1.CCCC1CCC(CCc2ccc(C3CCC(OC)CC3)cc2)OC1.CCCC1CCC(c2ccc(CCC3CCC(OC)CO3)cc2)CC1.CCCC1CCC(c2ccc(CCC3CCC(OCC)CO3)cc2)CC1. The molecule has 4 aliphatic carbocycles. The third kappa shape index (κ3) is 28.5. The van der Waals surface area contributed by atoms with Crippen LogP contribution in [-0.2, 0) is 58.8 Å². The Hall–Kier alpha value is -3.66. The zero-order chi connectivity index (χ0) is 70.6. The number of benzene rings is 4. The Labute approximate surface area is 618 Å². The normalized spacial score (nSPS) is 30.1. The van der Waals surface area contributed by atoms with Crippen molar-refractivity contribution in [3.63, 3.8) is 0 Å². The molecular weight excluding hydrogens is 1240 g/mol. The number of hydrogen-bond donors (Lipinski definition) is 0. The fraction of sp³-hybridized carbons (Fsp3) is 0.723. The lowest BCUT2D eigenvalue weighted by atomic mass is 9.77. The molecule has 0 spiro atoms. The largest absolute Gasteiger partial charge is 0.381 e. The fourth-order valence-corrected chi connectivity index (χ4v) is 18.9. The first kappa shape index (κ1) is 81.4. The number of rotatable bonds is 29. The highest BCUT2D eigenvalue weighted by molar-refractivity contribution is 5.29. The molecule has 0 N–H and O–H groups in total. The lowest BCUT2D eigenvalue weighted by Gasteiger charge is -2.29. The average molecular weight is 1390 g/mol. The summed E-state index contributed by atoms with van der Waals surface area (Å²) in [5.41, 5.74) is 12.1. The topological polar surface area (TPSA) is 64.6 Å². The van der Waals surface area contributed by atoms with Crippen LogP contribution in [0.1, 0.15) is 334 Å². The van der Waals surface area contributed by atoms with Crippen LogP contribution in [0, 0.1) is 29.6 Å². The van der Waals surface area contributed by atoms with Gasteiger partial charge in [-0.2, -0.15) is 0 Å². The second kappa shape index (κ2) is 46.4. The molecule has 0 aromatic heterocycles. The van der Waals surface area contributed by atoms with Gasteiger partial charge in [-0.05, 0) is 323 Å². The van der Waals surface area contributed by atoms with Crippen molar-refractivity contribution >= 4 is 0 Å². The molecule has 4 saturated heterocycles. The van der Waals surface area contributed by atoms with Gasteiger partial charge in [0, 0.05) is 34.0 Å². The van der Waals surface area contributed by atoms with Gasteiger partial charge in [0.15, 0.2) is 0 Å². The van der Waals surface area contributed by atoms with E-state index in [2.05, 4.69) is 144 Å². The smallest absolute Gasteiger partial charge is 0.0809 e. The molecule has 564 valence electrons. The Morgan fingerprint density at radius 2 is 0.584 bits per heavy atom. The van der Waals surface area contributed by atoms with Gasteiger partial charge in [-0.25, -0.2) is 0 Å². The second-order valence-corrected chi connectivity index (χ2v) is 33.1. The molecule has 0 bridgehead atoms. The van der Waals surface area contributed by atoms with Crippen molar-refractivity contribution in [1.82, 2.24) is 0 Å². The first-order chi connectivity index (χ1) is 49.6. The minimum Gasteiger partial charge on any atom is -0.381 e. The zero-order valence-electron chi connectivity index (χ0n) is 65.4. The molecule has 0 radical (unpaired) electrons. The Balaban J connectivity index is 0.000000157. The Morgan fingerprint density at radius 1 is 0.307 bits per heavy atom. The van der Waals surface area contributed by atoms with E-state index in [0.29, 0.717) is 42.7 Å². The molecule has 12 rings (SSSR count). The lowest BCUT2D eigenvalue weighted by molar-refractivity contribution is -0.0842. The van der Waals surface area contributed by atoms with Crippen molar-refractivity contribution in [3.8, 4) is 0 Å². The summed E-state index contributed by atoms with van der Waals surface area (Å²) in [5.74, 6) is 7.47. The standard InChI is InChI=1S/C24H38O2.C24H36O.2C23H36O2/c1-3-5-19-6-11-21(12-7-19)22-13-8-20(9-14-22)10-15-23-16-17-24(18-26-23)25-4-2;1-3-5-21-11-17-24(25-18-21)16-10-20-8-14-23(15-9-20)22-12-6-19(4-2)7-13-22;1-3-4-18-5-10-20(11-6-18)21-12-7-19(8-13-21)9-14-22-15-16-23(24-2)17-25-22;1-3-4-19-8-14-23(25-17-19)13-7-18-5-9-20(10-6-18)21-11-15-22(24-2)16-12-21/h8-9,13-14,19,21,23-24H,3-7,10-12,15-18H2,1-2H3;4,8-9,14-15,19,21-22,24H,2-3,5-7,10-13,16-18H2,1H3;7-8,12-13,18,20,22-23H,3-6,9-11,14-17H2,1-2H3;5-6,9-10,19,21-23H,3-4,7-8,11-17H2,1-2H3. The molecule has 4 aromatic carbocycles. The number of aryl methyl sites for hydroxylation is 4. The maximum absolute atomic E-state index is 6.10. The molecule has 4 saturated carbocycles. The van der Waals surface area contributed by atoms with Gasteiger partial charge in [0.05, 0.1) is 55.9 Å². The predicted molar refractivity (Wildman–Crippen MR) is 424 cm³/mol. The summed E-state index contributed by atoms with van der Waals surface area (Å²) >= 11 is 0. The van der Waals surface area contributed by atoms with Crippen LogP contribution in [0.2, 0.25) is 0 Å². The minimum absolute atomic E-state index is 0.308. The fourth-order valence-electron chi connectivity index (χ4n) is 18.9. The van der Waals surface area contributed by atoms with Crippen LogP contribution < -0.4 is 0 Å². The summed E-state index contributed by atoms with van der Waals surface area (Å²) < 4.78 is 40.6. The summed E-state index contributed by atoms with van der Waals surface area (Å²) in [5, 5.41) is 0. The monoisotopic (exact) mass is 1390 g/mol. The molecule has 8 aliphatic rings. The van der Waals surface area contributed by atoms with E-state index < -0.39 is 0 Å². The van der Waals surface area contributed by atoms with Gasteiger partial charge >= 0.3 is 0 Å². The van der Waals surface area contributed by atoms with E-state index >= 15 is 0 Å². The molecule has 101 heavy (non-hydrogen) atoms. The summed E-state index contributed by atoms with van der Waals surface area (Å²) in [7, 11) is 3.63. The molecule has 8 fully saturated rings. The predicted octanol–water partition coefficient (Wildman–Crippen LogP) is 24.7. The van der Waals surface area contributed by atoms with Crippen molar-refractivity contribution in [2.24, 2.45) is 29.6 Å². The molecule has 0 amide bonds. The highest BCUT2D eigenvalue weighted by atomic mass is 16.5. The molecule has 8 atom stereocenters. The van der Waals surface area contributed by atoms with Crippen molar-refractivity contribution in [2.45, 2.75) is 358 Å². The van der Waals surface area contributed by atoms with E-state index in [4.69, 9.17) is 33.2 Å². The van der Waals surface area contributed by atoms with Crippen LogP contribution >= 0.6 is 0 Å². The van der Waals surface area contributed by atoms with E-state index in [9.17, 15) is 0 Å². The van der Waals surface area contributed by atoms with Gasteiger partial charge in [-0.1, -0.05) is 169 Å². The first-order valence-electron chi connectivity index (χ1n) is 42.7. The third-order valence-corrected chi connectivity index (χ3v) is 25.7. The number of methoxy groups -OCH3 is 2. The van der Waals surface area contributed by atoms with E-state index in [-0.39, 0.29) is 0 Å². The highest BCUT2D eigenvalue weighted by Crippen LogP contribution is 2.41. The number of allylic oxidation sites excluding steroid dienone is 1. The van der Waals surface area contributed by atoms with Crippen LogP contribution in [0.4, 0.5) is 0 Å². The van der Waals surface area contributed by atoms with Gasteiger partial charge in [0.2, 0.25) is 0 Å². The summed E-state index contributed by atoms with van der Waals surface area (Å²) in [6.07, 6.45) is 56.4. The molecule has 4 heterocycles. The van der Waals surface area contributed by atoms with Gasteiger partial charge in [0.1, 0.15) is 0 Å². The quantitative estimate of drug-likeness (QED) is 0.0502. The summed E-state index contributed by atoms with van der Waals surface area (Å²) in [6.45, 7) is 19.5. The van der Waals surface area contributed by atoms with E-state index in [1.807, 2.05) is 7.11 Å². The van der Waals surface area contributed by atoms with Gasteiger partial charge in [-0.15, -0.1) is 6.58 Å². The van der Waals surface area contributed by atoms with Crippen molar-refractivity contribution < 1.29 is 33.2 Å². The third-order valence-electron chi connectivity index (χ3n) is 25.7. The van der Waals surface area contributed by atoms with E-state index in [1.54, 1.807) is 23.8 Å². The lowest BCUT2D eigenvalue weighted by Crippen LogP contribution is -2.31. The van der Waals surface area contributed by atoms with Gasteiger partial charge < -0.3 is 33.2 Å². The summed E-state index contributed by atoms with van der Waals surface area (Å²) in [4.78, 5) is 0. The van der Waals surface area contributed by atoms with E-state index in [1.165, 1.54) is 220 Å². The van der Waals surface area contributed by atoms with Crippen LogP contribution in [0.5, 0.6) is 0 Å². The maximum atomic E-state index is 6.10. The highest BCUT2D eigenvalue weighted by Gasteiger charge is 2.29. The van der Waals surface area contributed by atoms with Gasteiger partial charge in [-0.3, -0.25) is 0 Å². The molecular formula is C94H146O7. The molecule has 4 aromatic rings. The molecule has 7 nitrogen and oxygen atoms in total. The van der Waals surface area contributed by atoms with Crippen LogP contribution in [0.25, 0.3) is 0 Å². The first-order valence-corrected chi connectivity index (χ1v) is 42.7. The molecule has 8 unspecified atom stereocenters. The van der Waals surface area contributed by atoms with Crippen molar-refractivity contribution in [2.75, 3.05) is 47.3 Å². The average Bonchev–Trinajstić information content (AvgIpc) is 0.908. The molecule has 7 heteroatoms. The maximum Gasteiger partial charge on any atom is 0.0809 e. The Kier molecular flexibility index (Phi) is 37.4. The number of hydrogen-bond acceptors (Lipinski definition) is 7. The number of ether oxygens (including phenoxy) is 7. The van der Waals surface area contributed by atoms with Crippen molar-refractivity contribution in [3.05, 3.63) is 154 Å². The van der Waals surface area contributed by atoms with Gasteiger partial charge in [0.25, 0.3) is 0 Å². The minimum atomic E-state index is 0.308. The zero-order valence-corrected chi connectivity index (χ0v) is 65.4. The van der Waals surface area contributed by atoms with Crippen LogP contribution in [-0.4, -0.2) is 90.0 Å². The Morgan fingerprint density at radius 3 is 0.861 bits per heavy atom. The van der Waals surface area contributed by atoms with Crippen LogP contribution in [0.3, 0.4) is 0 Å². The van der Waals surface area contributed by atoms with E-state index in [0.717, 1.165) is 151 Å². The van der Waals surface area contributed by atoms with Crippen molar-refractivity contribution in [1.29, 1.82) is 0 Å².